The number of nitrogens with one attached hydrogen (secondary N) is 4. The summed E-state index contributed by atoms with van der Waals surface area (Å²) >= 11 is 0. The number of rotatable bonds is 14. The van der Waals surface area contributed by atoms with E-state index >= 15 is 4.39 Å². The minimum atomic E-state index is -4.89. The number of aromatic nitrogens is 2. The molecule has 0 radical (unpaired) electrons. The van der Waals surface area contributed by atoms with Crippen molar-refractivity contribution in [2.75, 3.05) is 18.5 Å². The Morgan fingerprint density at radius 1 is 0.980 bits per heavy atom. The first kappa shape index (κ1) is 35.3. The number of nitrogens with zero attached hydrogens (tertiary/aromatic N) is 2. The summed E-state index contributed by atoms with van der Waals surface area (Å²) in [5.41, 5.74) is -0.366. The van der Waals surface area contributed by atoms with Crippen molar-refractivity contribution >= 4 is 23.5 Å². The second-order valence-electron chi connectivity index (χ2n) is 12.0. The fraction of sp³-hybridized carbons (Fsp3) is 0.333. The van der Waals surface area contributed by atoms with Gasteiger partial charge in [-0.1, -0.05) is 74.7 Å². The van der Waals surface area contributed by atoms with Gasteiger partial charge >= 0.3 is 12.3 Å². The molecule has 1 unspecified atom stereocenters. The van der Waals surface area contributed by atoms with E-state index in [1.54, 1.807) is 6.07 Å². The lowest BCUT2D eigenvalue weighted by molar-refractivity contribution is -0.141. The summed E-state index contributed by atoms with van der Waals surface area (Å²) in [7, 11) is 0. The van der Waals surface area contributed by atoms with Crippen LogP contribution in [0.25, 0.3) is 5.69 Å². The third-order valence-corrected chi connectivity index (χ3v) is 8.08. The van der Waals surface area contributed by atoms with Gasteiger partial charge < -0.3 is 15.4 Å². The fourth-order valence-corrected chi connectivity index (χ4v) is 5.26. The molecule has 3 aromatic carbocycles. The Balaban J connectivity index is 1.38. The van der Waals surface area contributed by atoms with Crippen LogP contribution in [0.2, 0.25) is 0 Å². The summed E-state index contributed by atoms with van der Waals surface area (Å²) in [5, 5.41) is 20.2. The van der Waals surface area contributed by atoms with E-state index < -0.39 is 35.4 Å². The third-order valence-electron chi connectivity index (χ3n) is 8.08. The number of alkyl halides is 3. The third kappa shape index (κ3) is 9.53. The van der Waals surface area contributed by atoms with E-state index in [9.17, 15) is 22.8 Å². The molecule has 1 aliphatic rings. The number of halogens is 4. The summed E-state index contributed by atoms with van der Waals surface area (Å²) < 4.78 is 62.5. The summed E-state index contributed by atoms with van der Waals surface area (Å²) in [6.07, 6.45) is 0.111. The van der Waals surface area contributed by atoms with Crippen LogP contribution in [-0.4, -0.2) is 40.8 Å². The maximum atomic E-state index is 15.1. The predicted molar refractivity (Wildman–Crippen MR) is 177 cm³/mol. The highest BCUT2D eigenvalue weighted by molar-refractivity contribution is 6.05. The van der Waals surface area contributed by atoms with Crippen molar-refractivity contribution in [2.45, 2.75) is 57.7 Å². The predicted octanol–water partition coefficient (Wildman–Crippen LogP) is 8.00. The van der Waals surface area contributed by atoms with E-state index in [1.807, 2.05) is 30.3 Å². The molecular formula is C36H38F4N6O3. The molecule has 13 heteroatoms. The summed E-state index contributed by atoms with van der Waals surface area (Å²) in [5.74, 6) is -1.61. The van der Waals surface area contributed by atoms with Crippen LogP contribution < -0.4 is 16.0 Å². The highest BCUT2D eigenvalue weighted by Gasteiger charge is 2.36. The smallest absolute Gasteiger partial charge is 0.435 e. The Kier molecular flexibility index (Phi) is 11.4. The summed E-state index contributed by atoms with van der Waals surface area (Å²) in [4.78, 5) is 25.8. The van der Waals surface area contributed by atoms with Gasteiger partial charge in [0.25, 0.3) is 5.91 Å². The molecule has 1 aromatic heterocycles. The molecule has 0 saturated heterocycles. The van der Waals surface area contributed by atoms with Crippen molar-refractivity contribution in [3.05, 3.63) is 113 Å². The van der Waals surface area contributed by atoms with Crippen LogP contribution >= 0.6 is 0 Å². The first-order valence-electron chi connectivity index (χ1n) is 16.2. The van der Waals surface area contributed by atoms with Gasteiger partial charge in [0.2, 0.25) is 0 Å². The quantitative estimate of drug-likeness (QED) is 0.0466. The van der Waals surface area contributed by atoms with E-state index in [4.69, 9.17) is 10.1 Å². The number of amidine groups is 1. The highest BCUT2D eigenvalue weighted by atomic mass is 19.4. The molecule has 4 aromatic rings. The fourth-order valence-electron chi connectivity index (χ4n) is 5.26. The van der Waals surface area contributed by atoms with Gasteiger partial charge in [-0.2, -0.15) is 18.3 Å². The van der Waals surface area contributed by atoms with Gasteiger partial charge in [-0.15, -0.1) is 0 Å². The standard InChI is InChI=1S/C36H38F4N6O3/c1-2-3-4-8-18-49-35(48)44-33(41)26-12-9-13-27(19-26)46-30(21-31(45-46)36(38,39)40)34(47)43-29-20-25(16-17-28(29)37)32(42-22-23-14-15-23)24-10-6-5-7-11-24/h5-7,9-13,16-17,19-21,23,32,42H,2-4,8,14-15,18,22H2,1H3,(H,43,47)(H2,41,44,48). The Morgan fingerprint density at radius 3 is 2.47 bits per heavy atom. The number of hydrogen-bond acceptors (Lipinski definition) is 6. The van der Waals surface area contributed by atoms with Gasteiger partial charge in [-0.05, 0) is 67.1 Å². The van der Waals surface area contributed by atoms with Crippen molar-refractivity contribution < 1.29 is 31.9 Å². The molecule has 5 rings (SSSR count). The first-order valence-corrected chi connectivity index (χ1v) is 16.2. The Morgan fingerprint density at radius 2 is 1.76 bits per heavy atom. The van der Waals surface area contributed by atoms with E-state index in [1.165, 1.54) is 36.4 Å². The van der Waals surface area contributed by atoms with Crippen LogP contribution in [0.1, 0.15) is 84.4 Å². The van der Waals surface area contributed by atoms with E-state index in [0.717, 1.165) is 48.9 Å². The van der Waals surface area contributed by atoms with Crippen LogP contribution in [0.15, 0.2) is 78.9 Å². The molecule has 1 aliphatic carbocycles. The number of amides is 2. The molecule has 1 heterocycles. The monoisotopic (exact) mass is 678 g/mol. The van der Waals surface area contributed by atoms with Crippen LogP contribution in [-0.2, 0) is 10.9 Å². The number of unbranched alkanes of at least 4 members (excludes halogenated alkanes) is 3. The molecule has 4 N–H and O–H groups in total. The molecule has 0 spiro atoms. The van der Waals surface area contributed by atoms with Crippen LogP contribution in [0.4, 0.5) is 28.0 Å². The van der Waals surface area contributed by atoms with E-state index in [0.29, 0.717) is 24.0 Å². The molecule has 1 fully saturated rings. The van der Waals surface area contributed by atoms with Gasteiger partial charge in [0.15, 0.2) is 5.69 Å². The number of alkyl carbamates (subject to hydrolysis) is 1. The lowest BCUT2D eigenvalue weighted by atomic mass is 9.97. The Bertz CT molecular complexity index is 1770. The highest BCUT2D eigenvalue weighted by Crippen LogP contribution is 2.32. The molecule has 2 amide bonds. The van der Waals surface area contributed by atoms with Gasteiger partial charge in [-0.25, -0.2) is 13.9 Å². The van der Waals surface area contributed by atoms with Crippen molar-refractivity contribution in [2.24, 2.45) is 5.92 Å². The largest absolute Gasteiger partial charge is 0.449 e. The Hall–Kier alpha value is -5.04. The molecule has 258 valence electrons. The Labute approximate surface area is 281 Å². The topological polar surface area (TPSA) is 121 Å². The molecule has 1 saturated carbocycles. The van der Waals surface area contributed by atoms with Crippen molar-refractivity contribution in [1.29, 1.82) is 5.41 Å². The van der Waals surface area contributed by atoms with E-state index in [-0.39, 0.29) is 35.4 Å². The van der Waals surface area contributed by atoms with Crippen LogP contribution in [0, 0.1) is 17.1 Å². The zero-order valence-corrected chi connectivity index (χ0v) is 26.9. The molecule has 49 heavy (non-hydrogen) atoms. The van der Waals surface area contributed by atoms with Gasteiger partial charge in [0, 0.05) is 11.6 Å². The summed E-state index contributed by atoms with van der Waals surface area (Å²) in [6.45, 7) is 2.99. The second kappa shape index (κ2) is 15.9. The summed E-state index contributed by atoms with van der Waals surface area (Å²) in [6, 6.07) is 19.7. The van der Waals surface area contributed by atoms with Crippen molar-refractivity contribution in [3.63, 3.8) is 0 Å². The number of anilines is 1. The number of hydrogen-bond donors (Lipinski definition) is 4. The average molecular weight is 679 g/mol. The minimum Gasteiger partial charge on any atom is -0.449 e. The lowest BCUT2D eigenvalue weighted by Gasteiger charge is -2.21. The van der Waals surface area contributed by atoms with Gasteiger partial charge in [-0.3, -0.25) is 15.5 Å². The number of ether oxygens (including phenoxy) is 1. The minimum absolute atomic E-state index is 0.000253. The first-order chi connectivity index (χ1) is 23.5. The van der Waals surface area contributed by atoms with E-state index in [2.05, 4.69) is 28.0 Å². The molecule has 9 nitrogen and oxygen atoms in total. The van der Waals surface area contributed by atoms with Crippen LogP contribution in [0.5, 0.6) is 0 Å². The van der Waals surface area contributed by atoms with Crippen LogP contribution in [0.3, 0.4) is 0 Å². The number of carbonyl (C=O) groups is 2. The lowest BCUT2D eigenvalue weighted by Crippen LogP contribution is -2.31. The maximum Gasteiger partial charge on any atom is 0.435 e. The number of carbonyl (C=O) groups excluding carboxylic acids is 2. The van der Waals surface area contributed by atoms with Crippen molar-refractivity contribution in [3.8, 4) is 5.69 Å². The molecular weight excluding hydrogens is 640 g/mol. The maximum absolute atomic E-state index is 15.1. The second-order valence-corrected chi connectivity index (χ2v) is 12.0. The molecule has 0 bridgehead atoms. The zero-order valence-electron chi connectivity index (χ0n) is 26.9. The molecule has 1 atom stereocenters. The van der Waals surface area contributed by atoms with Crippen molar-refractivity contribution in [1.82, 2.24) is 20.4 Å². The average Bonchev–Trinajstić information content (AvgIpc) is 3.79. The normalized spacial score (nSPS) is 13.5. The van der Waals surface area contributed by atoms with Gasteiger partial charge in [0.05, 0.1) is 24.0 Å². The molecule has 0 aliphatic heterocycles. The SMILES string of the molecule is CCCCCCOC(=O)NC(=N)c1cccc(-n2nc(C(F)(F)F)cc2C(=O)Nc2cc(C(NCC3CC3)c3ccccc3)ccc2F)c1. The zero-order chi connectivity index (χ0) is 35.0. The number of benzene rings is 3. The van der Waals surface area contributed by atoms with Gasteiger partial charge in [0.1, 0.15) is 17.3 Å².